The number of rotatable bonds is 4. The van der Waals surface area contributed by atoms with Gasteiger partial charge in [0.05, 0.1) is 17.6 Å². The maximum Gasteiger partial charge on any atom is 0.416 e. The first kappa shape index (κ1) is 20.6. The van der Waals surface area contributed by atoms with E-state index in [1.54, 1.807) is 25.1 Å². The van der Waals surface area contributed by atoms with Crippen LogP contribution in [0.5, 0.6) is 11.6 Å². The van der Waals surface area contributed by atoms with Gasteiger partial charge in [0.1, 0.15) is 11.6 Å². The van der Waals surface area contributed by atoms with E-state index in [0.29, 0.717) is 22.0 Å². The minimum absolute atomic E-state index is 0.0294. The fourth-order valence-corrected chi connectivity index (χ4v) is 3.32. The normalized spacial score (nSPS) is 11.6. The zero-order chi connectivity index (χ0) is 22.2. The summed E-state index contributed by atoms with van der Waals surface area (Å²) in [5.41, 5.74) is 0.324. The van der Waals surface area contributed by atoms with Gasteiger partial charge in [-0.2, -0.15) is 13.2 Å². The number of ether oxygens (including phenoxy) is 1. The molecule has 8 heteroatoms. The quantitative estimate of drug-likeness (QED) is 0.392. The third-order valence-corrected chi connectivity index (χ3v) is 4.79. The van der Waals surface area contributed by atoms with Crippen LogP contribution >= 0.6 is 0 Å². The molecule has 4 aromatic rings. The molecule has 4 nitrogen and oxygen atoms in total. The molecule has 0 atom stereocenters. The molecule has 2 heterocycles. The summed E-state index contributed by atoms with van der Waals surface area (Å²) >= 11 is 0. The van der Waals surface area contributed by atoms with Gasteiger partial charge < -0.3 is 9.30 Å². The van der Waals surface area contributed by atoms with Crippen LogP contribution < -0.4 is 10.3 Å². The van der Waals surface area contributed by atoms with Crippen LogP contribution in [-0.2, 0) is 12.7 Å². The Bertz CT molecular complexity index is 1330. The number of alkyl halides is 3. The van der Waals surface area contributed by atoms with Crippen molar-refractivity contribution in [3.8, 4) is 11.6 Å². The first-order chi connectivity index (χ1) is 14.7. The first-order valence-electron chi connectivity index (χ1n) is 9.31. The molecule has 0 aliphatic carbocycles. The minimum Gasteiger partial charge on any atom is -0.439 e. The standard InChI is InChI=1S/C23H16F4N2O2/c1-14-10-16-11-18(24)7-8-20(16)29(22(14)30)13-15-4-3-9-28-21(15)31-19-6-2-5-17(12-19)23(25,26)27/h2-12H,13H2,1H3. The molecule has 0 spiro atoms. The van der Waals surface area contributed by atoms with E-state index in [1.165, 1.54) is 41.1 Å². The summed E-state index contributed by atoms with van der Waals surface area (Å²) < 4.78 is 59.7. The van der Waals surface area contributed by atoms with E-state index < -0.39 is 17.6 Å². The van der Waals surface area contributed by atoms with Gasteiger partial charge >= 0.3 is 6.18 Å². The van der Waals surface area contributed by atoms with Gasteiger partial charge in [-0.25, -0.2) is 9.37 Å². The Morgan fingerprint density at radius 3 is 2.61 bits per heavy atom. The van der Waals surface area contributed by atoms with Crippen LogP contribution in [0.2, 0.25) is 0 Å². The SMILES string of the molecule is Cc1cc2cc(F)ccc2n(Cc2cccnc2Oc2cccc(C(F)(F)F)c2)c1=O. The molecule has 0 saturated heterocycles. The number of nitrogens with zero attached hydrogens (tertiary/aromatic N) is 2. The van der Waals surface area contributed by atoms with Crippen molar-refractivity contribution in [1.82, 2.24) is 9.55 Å². The summed E-state index contributed by atoms with van der Waals surface area (Å²) in [6.07, 6.45) is -3.06. The maximum absolute atomic E-state index is 13.7. The maximum atomic E-state index is 13.7. The van der Waals surface area contributed by atoms with Crippen LogP contribution in [-0.4, -0.2) is 9.55 Å². The van der Waals surface area contributed by atoms with Gasteiger partial charge in [0.2, 0.25) is 5.88 Å². The van der Waals surface area contributed by atoms with Gasteiger partial charge in [0, 0.05) is 22.7 Å². The molecule has 0 aliphatic heterocycles. The number of pyridine rings is 2. The smallest absolute Gasteiger partial charge is 0.416 e. The molecule has 0 amide bonds. The fourth-order valence-electron chi connectivity index (χ4n) is 3.32. The average Bonchev–Trinajstić information content (AvgIpc) is 2.72. The molecule has 0 aliphatic rings. The number of halogens is 4. The summed E-state index contributed by atoms with van der Waals surface area (Å²) in [5, 5.41) is 0.557. The van der Waals surface area contributed by atoms with Gasteiger partial charge in [-0.1, -0.05) is 12.1 Å². The number of aromatic nitrogens is 2. The molecular weight excluding hydrogens is 412 g/mol. The predicted molar refractivity (Wildman–Crippen MR) is 108 cm³/mol. The molecule has 0 radical (unpaired) electrons. The second kappa shape index (κ2) is 7.86. The van der Waals surface area contributed by atoms with E-state index in [0.717, 1.165) is 12.1 Å². The van der Waals surface area contributed by atoms with E-state index >= 15 is 0 Å². The lowest BCUT2D eigenvalue weighted by atomic mass is 10.1. The second-order valence-electron chi connectivity index (χ2n) is 7.02. The van der Waals surface area contributed by atoms with Crippen LogP contribution in [0.25, 0.3) is 10.9 Å². The first-order valence-corrected chi connectivity index (χ1v) is 9.31. The van der Waals surface area contributed by atoms with Crippen LogP contribution in [0.3, 0.4) is 0 Å². The molecule has 158 valence electrons. The third kappa shape index (κ3) is 4.28. The van der Waals surface area contributed by atoms with Gasteiger partial charge in [-0.05, 0) is 55.5 Å². The Kier molecular flexibility index (Phi) is 5.22. The summed E-state index contributed by atoms with van der Waals surface area (Å²) in [6, 6.07) is 13.5. The summed E-state index contributed by atoms with van der Waals surface area (Å²) in [5.74, 6) is -0.379. The van der Waals surface area contributed by atoms with Crippen molar-refractivity contribution in [3.05, 3.63) is 99.7 Å². The molecule has 0 bridgehead atoms. The Hall–Kier alpha value is -3.68. The second-order valence-corrected chi connectivity index (χ2v) is 7.02. The Balaban J connectivity index is 1.75. The van der Waals surface area contributed by atoms with Crippen LogP contribution in [0.4, 0.5) is 17.6 Å². The molecule has 2 aromatic carbocycles. The highest BCUT2D eigenvalue weighted by Gasteiger charge is 2.30. The van der Waals surface area contributed by atoms with E-state index in [2.05, 4.69) is 4.98 Å². The van der Waals surface area contributed by atoms with Crippen molar-refractivity contribution in [3.63, 3.8) is 0 Å². The van der Waals surface area contributed by atoms with Crippen molar-refractivity contribution in [2.75, 3.05) is 0 Å². The highest BCUT2D eigenvalue weighted by Crippen LogP contribution is 2.33. The zero-order valence-corrected chi connectivity index (χ0v) is 16.3. The number of aryl methyl sites for hydroxylation is 1. The Labute approximate surface area is 174 Å². The van der Waals surface area contributed by atoms with Crippen LogP contribution in [0.15, 0.2) is 71.7 Å². The molecule has 0 N–H and O–H groups in total. The summed E-state index contributed by atoms with van der Waals surface area (Å²) in [7, 11) is 0. The number of benzene rings is 2. The molecule has 4 rings (SSSR count). The monoisotopic (exact) mass is 428 g/mol. The molecule has 31 heavy (non-hydrogen) atoms. The minimum atomic E-state index is -4.50. The Morgan fingerprint density at radius 1 is 1.03 bits per heavy atom. The van der Waals surface area contributed by atoms with Crippen LogP contribution in [0, 0.1) is 12.7 Å². The van der Waals surface area contributed by atoms with Crippen molar-refractivity contribution in [2.45, 2.75) is 19.6 Å². The van der Waals surface area contributed by atoms with Crippen molar-refractivity contribution in [2.24, 2.45) is 0 Å². The van der Waals surface area contributed by atoms with Crippen molar-refractivity contribution in [1.29, 1.82) is 0 Å². The zero-order valence-electron chi connectivity index (χ0n) is 16.3. The lowest BCUT2D eigenvalue weighted by Crippen LogP contribution is -2.23. The molecule has 2 aromatic heterocycles. The molecule has 0 saturated carbocycles. The van der Waals surface area contributed by atoms with E-state index in [9.17, 15) is 22.4 Å². The fraction of sp³-hybridized carbons (Fsp3) is 0.130. The predicted octanol–water partition coefficient (Wildman–Crippen LogP) is 5.70. The molecule has 0 unspecified atom stereocenters. The third-order valence-electron chi connectivity index (χ3n) is 4.79. The highest BCUT2D eigenvalue weighted by atomic mass is 19.4. The van der Waals surface area contributed by atoms with Crippen molar-refractivity contribution < 1.29 is 22.3 Å². The number of hydrogen-bond donors (Lipinski definition) is 0. The largest absolute Gasteiger partial charge is 0.439 e. The van der Waals surface area contributed by atoms with Gasteiger partial charge in [-0.3, -0.25) is 4.79 Å². The van der Waals surface area contributed by atoms with E-state index in [1.807, 2.05) is 0 Å². The van der Waals surface area contributed by atoms with Gasteiger partial charge in [0.15, 0.2) is 0 Å². The van der Waals surface area contributed by atoms with Crippen LogP contribution in [0.1, 0.15) is 16.7 Å². The highest BCUT2D eigenvalue weighted by molar-refractivity contribution is 5.79. The van der Waals surface area contributed by atoms with E-state index in [-0.39, 0.29) is 23.7 Å². The van der Waals surface area contributed by atoms with Gasteiger partial charge in [0.25, 0.3) is 5.56 Å². The summed E-state index contributed by atoms with van der Waals surface area (Å²) in [6.45, 7) is 1.68. The molecule has 0 fully saturated rings. The number of fused-ring (bicyclic) bond motifs is 1. The van der Waals surface area contributed by atoms with Gasteiger partial charge in [-0.15, -0.1) is 0 Å². The Morgan fingerprint density at radius 2 is 1.84 bits per heavy atom. The summed E-state index contributed by atoms with van der Waals surface area (Å²) in [4.78, 5) is 16.9. The lowest BCUT2D eigenvalue weighted by molar-refractivity contribution is -0.137. The van der Waals surface area contributed by atoms with Crippen molar-refractivity contribution >= 4 is 10.9 Å². The van der Waals surface area contributed by atoms with E-state index in [4.69, 9.17) is 4.74 Å². The topological polar surface area (TPSA) is 44.1 Å². The molecular formula is C23H16F4N2O2. The lowest BCUT2D eigenvalue weighted by Gasteiger charge is -2.15. The number of hydrogen-bond acceptors (Lipinski definition) is 3. The average molecular weight is 428 g/mol.